The van der Waals surface area contributed by atoms with E-state index in [9.17, 15) is 0 Å². The second kappa shape index (κ2) is 3.20. The van der Waals surface area contributed by atoms with Gasteiger partial charge in [0.2, 0.25) is 0 Å². The zero-order valence-corrected chi connectivity index (χ0v) is 7.05. The summed E-state index contributed by atoms with van der Waals surface area (Å²) in [6, 6.07) is 0. The van der Waals surface area contributed by atoms with E-state index in [4.69, 9.17) is 4.74 Å². The van der Waals surface area contributed by atoms with Crippen molar-refractivity contribution in [2.75, 3.05) is 0 Å². The van der Waals surface area contributed by atoms with Gasteiger partial charge in [-0.3, -0.25) is 0 Å². The van der Waals surface area contributed by atoms with Crippen LogP contribution in [0.5, 0.6) is 0 Å². The second-order valence-electron chi connectivity index (χ2n) is 3.14. The third-order valence-electron chi connectivity index (χ3n) is 1.85. The molecular formula is C9H16O. The maximum atomic E-state index is 5.37. The molecule has 10 heavy (non-hydrogen) atoms. The van der Waals surface area contributed by atoms with Crippen molar-refractivity contribution < 1.29 is 4.74 Å². The fourth-order valence-electron chi connectivity index (χ4n) is 1.10. The van der Waals surface area contributed by atoms with Gasteiger partial charge in [-0.1, -0.05) is 18.6 Å². The number of hydrogen-bond donors (Lipinski definition) is 0. The summed E-state index contributed by atoms with van der Waals surface area (Å²) in [4.78, 5) is 0. The molecule has 1 saturated heterocycles. The summed E-state index contributed by atoms with van der Waals surface area (Å²) in [5, 5.41) is 0. The molecule has 0 aliphatic carbocycles. The average Bonchev–Trinajstić information content (AvgIpc) is 2.61. The van der Waals surface area contributed by atoms with Gasteiger partial charge >= 0.3 is 0 Å². The Balaban J connectivity index is 2.12. The smallest absolute Gasteiger partial charge is 0.0876 e. The third-order valence-corrected chi connectivity index (χ3v) is 1.85. The first-order chi connectivity index (χ1) is 4.74. The highest BCUT2D eigenvalue weighted by molar-refractivity contribution is 4.98. The molecule has 1 aliphatic heterocycles. The maximum Gasteiger partial charge on any atom is 0.0876 e. The predicted octanol–water partition coefficient (Wildman–Crippen LogP) is 2.52. The van der Waals surface area contributed by atoms with E-state index in [0.717, 1.165) is 6.42 Å². The minimum absolute atomic E-state index is 0.542. The van der Waals surface area contributed by atoms with Gasteiger partial charge in [-0.2, -0.15) is 0 Å². The molecule has 0 spiro atoms. The van der Waals surface area contributed by atoms with Crippen LogP contribution in [0, 0.1) is 0 Å². The summed E-state index contributed by atoms with van der Waals surface area (Å²) in [7, 11) is 0. The van der Waals surface area contributed by atoms with Crippen LogP contribution >= 0.6 is 0 Å². The van der Waals surface area contributed by atoms with E-state index in [2.05, 4.69) is 26.8 Å². The molecule has 58 valence electrons. The standard InChI is InChI=1S/C9H16O/c1-4-8-9(10-8)6-5-7(2)3/h5,8-9H,4,6H2,1-3H3. The SMILES string of the molecule is CCC1OC1CC=C(C)C. The van der Waals surface area contributed by atoms with Crippen LogP contribution in [0.3, 0.4) is 0 Å². The Morgan fingerprint density at radius 1 is 1.40 bits per heavy atom. The van der Waals surface area contributed by atoms with Crippen molar-refractivity contribution in [3.63, 3.8) is 0 Å². The molecule has 0 aromatic carbocycles. The number of ether oxygens (including phenoxy) is 1. The highest BCUT2D eigenvalue weighted by atomic mass is 16.6. The molecule has 0 aromatic rings. The van der Waals surface area contributed by atoms with E-state index in [1.54, 1.807) is 0 Å². The molecule has 0 aromatic heterocycles. The van der Waals surface area contributed by atoms with Gasteiger partial charge in [0, 0.05) is 0 Å². The van der Waals surface area contributed by atoms with Crippen LogP contribution in [0.1, 0.15) is 33.6 Å². The fourth-order valence-corrected chi connectivity index (χ4v) is 1.10. The summed E-state index contributed by atoms with van der Waals surface area (Å²) in [6.45, 7) is 6.43. The highest BCUT2D eigenvalue weighted by Gasteiger charge is 2.35. The lowest BCUT2D eigenvalue weighted by molar-refractivity contribution is 0.367. The van der Waals surface area contributed by atoms with Crippen LogP contribution in [0.15, 0.2) is 11.6 Å². The Hall–Kier alpha value is -0.300. The lowest BCUT2D eigenvalue weighted by Gasteiger charge is -1.87. The Labute approximate surface area is 63.1 Å². The zero-order valence-electron chi connectivity index (χ0n) is 7.05. The average molecular weight is 140 g/mol. The van der Waals surface area contributed by atoms with Gasteiger partial charge in [0.05, 0.1) is 12.2 Å². The number of epoxide rings is 1. The van der Waals surface area contributed by atoms with Crippen LogP contribution in [0.2, 0.25) is 0 Å². The molecule has 0 radical (unpaired) electrons. The Morgan fingerprint density at radius 3 is 2.50 bits per heavy atom. The predicted molar refractivity (Wildman–Crippen MR) is 43.0 cm³/mol. The van der Waals surface area contributed by atoms with Gasteiger partial charge in [-0.05, 0) is 26.7 Å². The molecule has 0 saturated carbocycles. The zero-order chi connectivity index (χ0) is 7.56. The molecule has 1 heteroatoms. The van der Waals surface area contributed by atoms with Crippen molar-refractivity contribution in [2.45, 2.75) is 45.8 Å². The second-order valence-corrected chi connectivity index (χ2v) is 3.14. The van der Waals surface area contributed by atoms with Gasteiger partial charge < -0.3 is 4.74 Å². The van der Waals surface area contributed by atoms with E-state index in [1.165, 1.54) is 12.0 Å². The molecule has 1 rings (SSSR count). The summed E-state index contributed by atoms with van der Waals surface area (Å²) in [6.07, 6.45) is 5.64. The fraction of sp³-hybridized carbons (Fsp3) is 0.778. The van der Waals surface area contributed by atoms with Crippen LogP contribution in [0.4, 0.5) is 0 Å². The topological polar surface area (TPSA) is 12.5 Å². The number of rotatable bonds is 3. The summed E-state index contributed by atoms with van der Waals surface area (Å²) in [5.41, 5.74) is 1.39. The van der Waals surface area contributed by atoms with Crippen LogP contribution in [-0.2, 0) is 4.74 Å². The normalized spacial score (nSPS) is 29.9. The third kappa shape index (κ3) is 2.14. The molecule has 1 aliphatic rings. The van der Waals surface area contributed by atoms with Crippen molar-refractivity contribution in [2.24, 2.45) is 0 Å². The Kier molecular flexibility index (Phi) is 2.50. The molecule has 0 N–H and O–H groups in total. The van der Waals surface area contributed by atoms with E-state index >= 15 is 0 Å². The van der Waals surface area contributed by atoms with Crippen molar-refractivity contribution in [1.82, 2.24) is 0 Å². The minimum Gasteiger partial charge on any atom is -0.369 e. The van der Waals surface area contributed by atoms with E-state index < -0.39 is 0 Å². The van der Waals surface area contributed by atoms with Crippen molar-refractivity contribution in [1.29, 1.82) is 0 Å². The number of hydrogen-bond acceptors (Lipinski definition) is 1. The van der Waals surface area contributed by atoms with E-state index in [1.807, 2.05) is 0 Å². The first-order valence-corrected chi connectivity index (χ1v) is 4.03. The minimum atomic E-state index is 0.542. The molecule has 1 nitrogen and oxygen atoms in total. The molecule has 1 fully saturated rings. The lowest BCUT2D eigenvalue weighted by Crippen LogP contribution is -1.89. The van der Waals surface area contributed by atoms with Gasteiger partial charge in [0.15, 0.2) is 0 Å². The first kappa shape index (κ1) is 7.80. The van der Waals surface area contributed by atoms with E-state index in [-0.39, 0.29) is 0 Å². The van der Waals surface area contributed by atoms with Gasteiger partial charge in [0.1, 0.15) is 0 Å². The highest BCUT2D eigenvalue weighted by Crippen LogP contribution is 2.28. The van der Waals surface area contributed by atoms with Crippen LogP contribution in [0.25, 0.3) is 0 Å². The number of allylic oxidation sites excluding steroid dienone is 1. The molecule has 0 amide bonds. The summed E-state index contributed by atoms with van der Waals surface area (Å²) >= 11 is 0. The lowest BCUT2D eigenvalue weighted by atomic mass is 10.2. The van der Waals surface area contributed by atoms with Crippen LogP contribution < -0.4 is 0 Å². The quantitative estimate of drug-likeness (QED) is 0.433. The van der Waals surface area contributed by atoms with Crippen molar-refractivity contribution >= 4 is 0 Å². The largest absolute Gasteiger partial charge is 0.369 e. The molecule has 0 bridgehead atoms. The molecule has 2 unspecified atom stereocenters. The maximum absolute atomic E-state index is 5.37. The monoisotopic (exact) mass is 140 g/mol. The molecular weight excluding hydrogens is 124 g/mol. The van der Waals surface area contributed by atoms with Crippen LogP contribution in [-0.4, -0.2) is 12.2 Å². The van der Waals surface area contributed by atoms with Gasteiger partial charge in [-0.15, -0.1) is 0 Å². The Bertz CT molecular complexity index is 134. The van der Waals surface area contributed by atoms with Crippen molar-refractivity contribution in [3.8, 4) is 0 Å². The Morgan fingerprint density at radius 2 is 2.10 bits per heavy atom. The summed E-state index contributed by atoms with van der Waals surface area (Å²) < 4.78 is 5.37. The van der Waals surface area contributed by atoms with Gasteiger partial charge in [0.25, 0.3) is 0 Å². The molecule has 1 heterocycles. The van der Waals surface area contributed by atoms with Crippen molar-refractivity contribution in [3.05, 3.63) is 11.6 Å². The first-order valence-electron chi connectivity index (χ1n) is 4.03. The molecule has 2 atom stereocenters. The van der Waals surface area contributed by atoms with Gasteiger partial charge in [-0.25, -0.2) is 0 Å². The van der Waals surface area contributed by atoms with E-state index in [0.29, 0.717) is 12.2 Å². The summed E-state index contributed by atoms with van der Waals surface area (Å²) in [5.74, 6) is 0.